The molecule has 4 aromatic carbocycles. The van der Waals surface area contributed by atoms with Crippen LogP contribution < -0.4 is 21.3 Å². The first-order valence-corrected chi connectivity index (χ1v) is 19.0. The SMILES string of the molecule is COC(=O)c1ccc(CNC(=O)c2cc(C(=O)NCc3ccc(F)c(C)c3)ncn2)cc1.Cc1cc(CNC(=O)c2cc(C(=O)NCc3ccc(C(=O)O)cc3)ncn2)ccc1F. The Labute approximate surface area is 359 Å². The molecule has 18 heteroatoms. The van der Waals surface area contributed by atoms with E-state index < -0.39 is 35.6 Å². The van der Waals surface area contributed by atoms with Crippen molar-refractivity contribution >= 4 is 35.6 Å². The average Bonchev–Trinajstić information content (AvgIpc) is 3.30. The van der Waals surface area contributed by atoms with Gasteiger partial charge >= 0.3 is 11.9 Å². The number of carbonyl (C=O) groups excluding carboxylic acids is 5. The normalized spacial score (nSPS) is 10.4. The van der Waals surface area contributed by atoms with Crippen molar-refractivity contribution in [2.24, 2.45) is 0 Å². The van der Waals surface area contributed by atoms with Crippen molar-refractivity contribution in [2.75, 3.05) is 7.11 Å². The first-order chi connectivity index (χ1) is 30.2. The molecule has 322 valence electrons. The summed E-state index contributed by atoms with van der Waals surface area (Å²) in [5, 5.41) is 19.6. The van der Waals surface area contributed by atoms with E-state index in [1.165, 1.54) is 43.5 Å². The van der Waals surface area contributed by atoms with Gasteiger partial charge in [-0.25, -0.2) is 38.3 Å². The van der Waals surface area contributed by atoms with Crippen molar-refractivity contribution in [3.63, 3.8) is 0 Å². The fourth-order valence-electron chi connectivity index (χ4n) is 5.58. The molecule has 0 aliphatic carbocycles. The zero-order chi connectivity index (χ0) is 45.5. The number of nitrogens with zero attached hydrogens (tertiary/aromatic N) is 4. The summed E-state index contributed by atoms with van der Waals surface area (Å²) >= 11 is 0. The fraction of sp³-hybridized carbons (Fsp3) is 0.156. The second-order valence-corrected chi connectivity index (χ2v) is 13.7. The minimum absolute atomic E-state index is 0.0138. The van der Waals surface area contributed by atoms with Gasteiger partial charge in [0.05, 0.1) is 18.2 Å². The van der Waals surface area contributed by atoms with Crippen LogP contribution in [0.3, 0.4) is 0 Å². The maximum Gasteiger partial charge on any atom is 0.337 e. The largest absolute Gasteiger partial charge is 0.478 e. The van der Waals surface area contributed by atoms with Crippen LogP contribution in [-0.4, -0.2) is 67.7 Å². The number of hydrogen-bond acceptors (Lipinski definition) is 11. The zero-order valence-electron chi connectivity index (χ0n) is 34.1. The number of carboxylic acids is 1. The first-order valence-electron chi connectivity index (χ1n) is 19.0. The molecule has 2 heterocycles. The van der Waals surface area contributed by atoms with Gasteiger partial charge in [-0.3, -0.25) is 19.2 Å². The highest BCUT2D eigenvalue weighted by Crippen LogP contribution is 2.12. The van der Waals surface area contributed by atoms with E-state index in [9.17, 15) is 37.5 Å². The summed E-state index contributed by atoms with van der Waals surface area (Å²) in [4.78, 5) is 87.5. The number of hydrogen-bond donors (Lipinski definition) is 5. The van der Waals surface area contributed by atoms with E-state index in [1.807, 2.05) is 0 Å². The van der Waals surface area contributed by atoms with Gasteiger partial charge in [0.25, 0.3) is 23.6 Å². The van der Waals surface area contributed by atoms with Gasteiger partial charge < -0.3 is 31.1 Å². The fourth-order valence-corrected chi connectivity index (χ4v) is 5.58. The summed E-state index contributed by atoms with van der Waals surface area (Å²) in [6, 6.07) is 24.4. The molecule has 0 radical (unpaired) electrons. The maximum atomic E-state index is 13.4. The molecule has 0 aliphatic rings. The molecule has 16 nitrogen and oxygen atoms in total. The molecule has 0 unspecified atom stereocenters. The third-order valence-corrected chi connectivity index (χ3v) is 9.10. The second kappa shape index (κ2) is 21.8. The Morgan fingerprint density at radius 3 is 1.13 bits per heavy atom. The van der Waals surface area contributed by atoms with E-state index in [-0.39, 0.29) is 66.2 Å². The average molecular weight is 859 g/mol. The highest BCUT2D eigenvalue weighted by Gasteiger charge is 2.16. The smallest absolute Gasteiger partial charge is 0.337 e. The number of ether oxygens (including phenoxy) is 1. The highest BCUT2D eigenvalue weighted by atomic mass is 19.1. The van der Waals surface area contributed by atoms with Crippen LogP contribution in [0.1, 0.15) is 96.1 Å². The zero-order valence-corrected chi connectivity index (χ0v) is 34.1. The van der Waals surface area contributed by atoms with Crippen LogP contribution in [0, 0.1) is 25.5 Å². The Balaban J connectivity index is 0.000000238. The number of amides is 4. The number of aryl methyl sites for hydroxylation is 2. The molecule has 5 N–H and O–H groups in total. The number of aromatic carboxylic acids is 1. The monoisotopic (exact) mass is 858 g/mol. The first kappa shape index (κ1) is 45.8. The van der Waals surface area contributed by atoms with Gasteiger partial charge in [0.2, 0.25) is 0 Å². The molecule has 2 aromatic heterocycles. The molecule has 6 rings (SSSR count). The molecule has 0 saturated heterocycles. The van der Waals surface area contributed by atoms with E-state index in [4.69, 9.17) is 5.11 Å². The summed E-state index contributed by atoms with van der Waals surface area (Å²) in [7, 11) is 1.30. The topological polar surface area (TPSA) is 232 Å². The molecular weight excluding hydrogens is 819 g/mol. The lowest BCUT2D eigenvalue weighted by Gasteiger charge is -2.08. The lowest BCUT2D eigenvalue weighted by molar-refractivity contribution is 0.0599. The number of esters is 1. The van der Waals surface area contributed by atoms with E-state index in [0.29, 0.717) is 22.3 Å². The number of halogens is 2. The number of rotatable bonds is 14. The van der Waals surface area contributed by atoms with Crippen molar-refractivity contribution in [1.82, 2.24) is 41.2 Å². The van der Waals surface area contributed by atoms with Crippen molar-refractivity contribution < 1.29 is 47.4 Å². The van der Waals surface area contributed by atoms with Gasteiger partial charge in [-0.1, -0.05) is 48.5 Å². The van der Waals surface area contributed by atoms with Crippen LogP contribution in [0.15, 0.2) is 110 Å². The van der Waals surface area contributed by atoms with Gasteiger partial charge in [0.1, 0.15) is 47.1 Å². The van der Waals surface area contributed by atoms with E-state index in [1.54, 1.807) is 74.5 Å². The van der Waals surface area contributed by atoms with Gasteiger partial charge in [-0.05, 0) is 83.6 Å². The number of aromatic nitrogens is 4. The summed E-state index contributed by atoms with van der Waals surface area (Å²) in [6.45, 7) is 4.01. The predicted molar refractivity (Wildman–Crippen MR) is 222 cm³/mol. The Kier molecular flexibility index (Phi) is 15.9. The standard InChI is InChI=1S/C23H21FN4O4.C22H19FN4O4/c1-14-9-16(5-8-18(14)24)12-26-22(30)20-10-19(27-13-28-20)21(29)25-11-15-3-6-17(7-4-15)23(31)32-2;1-13-8-15(4-7-17(13)23)11-25-21(29)19-9-18(26-12-27-19)20(28)24-10-14-2-5-16(6-3-14)22(30)31/h3-10,13H,11-12H2,1-2H3,(H,25,29)(H,26,30);2-9,12H,10-11H2,1H3,(H,24,28)(H,25,29)(H,30,31). The second-order valence-electron chi connectivity index (χ2n) is 13.7. The quantitative estimate of drug-likeness (QED) is 0.0906. The minimum Gasteiger partial charge on any atom is -0.478 e. The van der Waals surface area contributed by atoms with Crippen molar-refractivity contribution in [3.8, 4) is 0 Å². The lowest BCUT2D eigenvalue weighted by Crippen LogP contribution is -2.27. The Morgan fingerprint density at radius 2 is 0.810 bits per heavy atom. The molecule has 0 atom stereocenters. The molecule has 0 fully saturated rings. The summed E-state index contributed by atoms with van der Waals surface area (Å²) < 4.78 is 31.3. The summed E-state index contributed by atoms with van der Waals surface area (Å²) in [6.07, 6.45) is 2.25. The molecule has 63 heavy (non-hydrogen) atoms. The molecule has 0 aliphatic heterocycles. The Bertz CT molecular complexity index is 2640. The highest BCUT2D eigenvalue weighted by molar-refractivity contribution is 5.98. The van der Waals surface area contributed by atoms with Gasteiger partial charge in [-0.15, -0.1) is 0 Å². The number of benzene rings is 4. The van der Waals surface area contributed by atoms with Gasteiger partial charge in [0, 0.05) is 38.3 Å². The predicted octanol–water partition coefficient (Wildman–Crippen LogP) is 5.05. The van der Waals surface area contributed by atoms with Crippen molar-refractivity contribution in [1.29, 1.82) is 0 Å². The molecule has 6 aromatic rings. The minimum atomic E-state index is -1.03. The van der Waals surface area contributed by atoms with E-state index >= 15 is 0 Å². The third kappa shape index (κ3) is 13.4. The Hall–Kier alpha value is -8.28. The lowest BCUT2D eigenvalue weighted by atomic mass is 10.1. The third-order valence-electron chi connectivity index (χ3n) is 9.10. The van der Waals surface area contributed by atoms with Crippen LogP contribution in [0.25, 0.3) is 0 Å². The Morgan fingerprint density at radius 1 is 0.492 bits per heavy atom. The van der Waals surface area contributed by atoms with E-state index in [0.717, 1.165) is 29.3 Å². The van der Waals surface area contributed by atoms with Crippen LogP contribution in [0.5, 0.6) is 0 Å². The molecule has 0 spiro atoms. The van der Waals surface area contributed by atoms with Crippen LogP contribution in [-0.2, 0) is 30.9 Å². The van der Waals surface area contributed by atoms with Crippen molar-refractivity contribution in [2.45, 2.75) is 40.0 Å². The van der Waals surface area contributed by atoms with Gasteiger partial charge in [-0.2, -0.15) is 0 Å². The number of nitrogens with one attached hydrogen (secondary N) is 4. The molecule has 4 amide bonds. The van der Waals surface area contributed by atoms with Crippen LogP contribution >= 0.6 is 0 Å². The number of methoxy groups -OCH3 is 1. The summed E-state index contributed by atoms with van der Waals surface area (Å²) in [5.74, 6) is -4.07. The molecular formula is C45H40F2N8O8. The van der Waals surface area contributed by atoms with Crippen LogP contribution in [0.4, 0.5) is 8.78 Å². The van der Waals surface area contributed by atoms with Crippen molar-refractivity contribution in [3.05, 3.63) is 189 Å². The molecule has 0 bridgehead atoms. The molecule has 0 saturated carbocycles. The number of carbonyl (C=O) groups is 6. The van der Waals surface area contributed by atoms with E-state index in [2.05, 4.69) is 45.9 Å². The maximum absolute atomic E-state index is 13.4. The summed E-state index contributed by atoms with van der Waals surface area (Å²) in [5.41, 5.74) is 4.57. The number of carboxylic acid groups (broad SMARTS) is 1. The van der Waals surface area contributed by atoms with Crippen LogP contribution in [0.2, 0.25) is 0 Å². The van der Waals surface area contributed by atoms with Gasteiger partial charge in [0.15, 0.2) is 0 Å².